The number of aliphatic imine (C=N–C) groups is 1. The van der Waals surface area contributed by atoms with Crippen LogP contribution in [0.25, 0.3) is 0 Å². The molecule has 0 unspecified atom stereocenters. The standard InChI is InChI=1S/C7H5N2O2/c10-7-4-9-2-1-8-3-6(9)5-11-7/h1-3H,4H2. The van der Waals surface area contributed by atoms with Crippen molar-refractivity contribution in [2.75, 3.05) is 6.54 Å². The Kier molecular flexibility index (Phi) is 1.25. The molecule has 0 fully saturated rings. The van der Waals surface area contributed by atoms with Crippen LogP contribution in [0.1, 0.15) is 0 Å². The van der Waals surface area contributed by atoms with Crippen LogP contribution in [-0.2, 0) is 9.53 Å². The van der Waals surface area contributed by atoms with E-state index in [4.69, 9.17) is 0 Å². The van der Waals surface area contributed by atoms with Gasteiger partial charge in [0.1, 0.15) is 12.2 Å². The SMILES string of the molecule is O=C1CN2C=CN=CC2=[C]O1. The second kappa shape index (κ2) is 2.23. The molecule has 0 atom stereocenters. The van der Waals surface area contributed by atoms with Crippen molar-refractivity contribution >= 4 is 12.2 Å². The molecule has 0 saturated carbocycles. The lowest BCUT2D eigenvalue weighted by molar-refractivity contribution is -0.141. The Hall–Kier alpha value is -1.58. The summed E-state index contributed by atoms with van der Waals surface area (Å²) >= 11 is 0. The maximum atomic E-state index is 10.7. The minimum atomic E-state index is -0.297. The van der Waals surface area contributed by atoms with E-state index in [1.807, 2.05) is 0 Å². The molecule has 0 bridgehead atoms. The van der Waals surface area contributed by atoms with Gasteiger partial charge in [0.05, 0.1) is 6.21 Å². The molecule has 0 aliphatic carbocycles. The maximum absolute atomic E-state index is 10.7. The number of carbonyl (C=O) groups is 1. The summed E-state index contributed by atoms with van der Waals surface area (Å²) in [6.45, 7) is 0.241. The molecule has 2 aliphatic heterocycles. The predicted octanol–water partition coefficient (Wildman–Crippen LogP) is 0.0454. The fourth-order valence-electron chi connectivity index (χ4n) is 0.890. The maximum Gasteiger partial charge on any atom is 0.331 e. The van der Waals surface area contributed by atoms with Crippen molar-refractivity contribution in [3.05, 3.63) is 24.4 Å². The summed E-state index contributed by atoms with van der Waals surface area (Å²) in [7, 11) is 0. The van der Waals surface area contributed by atoms with Crippen LogP contribution >= 0.6 is 0 Å². The van der Waals surface area contributed by atoms with E-state index < -0.39 is 0 Å². The highest BCUT2D eigenvalue weighted by Crippen LogP contribution is 2.11. The van der Waals surface area contributed by atoms with Crippen molar-refractivity contribution in [3.63, 3.8) is 0 Å². The zero-order valence-corrected chi connectivity index (χ0v) is 5.65. The molecular weight excluding hydrogens is 144 g/mol. The van der Waals surface area contributed by atoms with Gasteiger partial charge in [0, 0.05) is 12.4 Å². The van der Waals surface area contributed by atoms with Gasteiger partial charge in [-0.2, -0.15) is 0 Å². The van der Waals surface area contributed by atoms with E-state index >= 15 is 0 Å². The van der Waals surface area contributed by atoms with E-state index in [1.54, 1.807) is 23.5 Å². The van der Waals surface area contributed by atoms with Crippen molar-refractivity contribution < 1.29 is 9.53 Å². The Morgan fingerprint density at radius 3 is 3.55 bits per heavy atom. The number of carbonyl (C=O) groups excluding carboxylic acids is 1. The number of cyclic esters (lactones) is 1. The number of hydrogen-bond acceptors (Lipinski definition) is 4. The minimum Gasteiger partial charge on any atom is -0.419 e. The van der Waals surface area contributed by atoms with Crippen LogP contribution in [0.4, 0.5) is 0 Å². The molecule has 55 valence electrons. The Morgan fingerprint density at radius 2 is 2.64 bits per heavy atom. The van der Waals surface area contributed by atoms with Crippen molar-refractivity contribution in [2.45, 2.75) is 0 Å². The second-order valence-electron chi connectivity index (χ2n) is 2.17. The number of ether oxygens (including phenoxy) is 1. The van der Waals surface area contributed by atoms with Gasteiger partial charge in [-0.05, 0) is 0 Å². The van der Waals surface area contributed by atoms with Gasteiger partial charge in [0.25, 0.3) is 0 Å². The van der Waals surface area contributed by atoms with E-state index in [0.29, 0.717) is 5.70 Å². The Bertz CT molecular complexity index is 278. The lowest BCUT2D eigenvalue weighted by Crippen LogP contribution is -2.31. The number of nitrogens with zero attached hydrogens (tertiary/aromatic N) is 2. The molecule has 0 spiro atoms. The molecule has 0 aromatic rings. The molecular formula is C7H5N2O2. The zero-order valence-electron chi connectivity index (χ0n) is 5.65. The highest BCUT2D eigenvalue weighted by molar-refractivity contribution is 5.83. The van der Waals surface area contributed by atoms with Crippen LogP contribution in [0.3, 0.4) is 0 Å². The van der Waals surface area contributed by atoms with Gasteiger partial charge in [-0.3, -0.25) is 4.99 Å². The summed E-state index contributed by atoms with van der Waals surface area (Å²) in [5.41, 5.74) is 0.687. The third-order valence-electron chi connectivity index (χ3n) is 1.41. The minimum absolute atomic E-state index is 0.241. The fourth-order valence-corrected chi connectivity index (χ4v) is 0.890. The third-order valence-corrected chi connectivity index (χ3v) is 1.41. The molecule has 0 aromatic heterocycles. The monoisotopic (exact) mass is 149 g/mol. The molecule has 4 heteroatoms. The summed E-state index contributed by atoms with van der Waals surface area (Å²) in [4.78, 5) is 16.3. The largest absolute Gasteiger partial charge is 0.419 e. The van der Waals surface area contributed by atoms with Crippen molar-refractivity contribution in [3.8, 4) is 0 Å². The summed E-state index contributed by atoms with van der Waals surface area (Å²) in [6.07, 6.45) is 7.38. The van der Waals surface area contributed by atoms with Crippen LogP contribution in [0, 0.1) is 6.26 Å². The summed E-state index contributed by atoms with van der Waals surface area (Å²) < 4.78 is 4.55. The highest BCUT2D eigenvalue weighted by Gasteiger charge is 2.18. The molecule has 0 saturated heterocycles. The van der Waals surface area contributed by atoms with Gasteiger partial charge in [0.15, 0.2) is 0 Å². The lowest BCUT2D eigenvalue weighted by Gasteiger charge is -2.23. The van der Waals surface area contributed by atoms with E-state index in [0.717, 1.165) is 0 Å². The average molecular weight is 149 g/mol. The van der Waals surface area contributed by atoms with Gasteiger partial charge in [-0.1, -0.05) is 0 Å². The third kappa shape index (κ3) is 1.02. The predicted molar refractivity (Wildman–Crippen MR) is 37.2 cm³/mol. The van der Waals surface area contributed by atoms with Gasteiger partial charge < -0.3 is 9.64 Å². The summed E-state index contributed by atoms with van der Waals surface area (Å²) in [5.74, 6) is -0.297. The highest BCUT2D eigenvalue weighted by atomic mass is 16.5. The zero-order chi connectivity index (χ0) is 7.68. The molecule has 0 aromatic carbocycles. The van der Waals surface area contributed by atoms with Gasteiger partial charge in [-0.15, -0.1) is 0 Å². The van der Waals surface area contributed by atoms with Gasteiger partial charge in [0.2, 0.25) is 6.26 Å². The lowest BCUT2D eigenvalue weighted by atomic mass is 10.3. The summed E-state index contributed by atoms with van der Waals surface area (Å²) in [6, 6.07) is 0. The van der Waals surface area contributed by atoms with Crippen LogP contribution in [-0.4, -0.2) is 23.6 Å². The molecule has 2 heterocycles. The molecule has 1 radical (unpaired) electrons. The van der Waals surface area contributed by atoms with Crippen molar-refractivity contribution in [1.29, 1.82) is 0 Å². The topological polar surface area (TPSA) is 41.9 Å². The molecule has 0 N–H and O–H groups in total. The van der Waals surface area contributed by atoms with Crippen LogP contribution in [0.5, 0.6) is 0 Å². The Labute approximate surface area is 63.5 Å². The van der Waals surface area contributed by atoms with Crippen LogP contribution in [0.2, 0.25) is 0 Å². The molecule has 4 nitrogen and oxygen atoms in total. The smallest absolute Gasteiger partial charge is 0.331 e. The van der Waals surface area contributed by atoms with Gasteiger partial charge in [-0.25, -0.2) is 4.79 Å². The molecule has 2 rings (SSSR count). The average Bonchev–Trinajstić information content (AvgIpc) is 2.04. The first-order valence-corrected chi connectivity index (χ1v) is 3.15. The first-order valence-electron chi connectivity index (χ1n) is 3.15. The van der Waals surface area contributed by atoms with Crippen LogP contribution in [0.15, 0.2) is 23.1 Å². The number of hydrogen-bond donors (Lipinski definition) is 0. The fraction of sp³-hybridized carbons (Fsp3) is 0.143. The van der Waals surface area contributed by atoms with Crippen LogP contribution < -0.4 is 0 Å². The summed E-state index contributed by atoms with van der Waals surface area (Å²) in [5, 5.41) is 0. The number of fused-ring (bicyclic) bond motifs is 1. The van der Waals surface area contributed by atoms with Gasteiger partial charge >= 0.3 is 5.97 Å². The first-order chi connectivity index (χ1) is 5.36. The Balaban J connectivity index is 2.30. The van der Waals surface area contributed by atoms with Crippen molar-refractivity contribution in [2.24, 2.45) is 4.99 Å². The normalized spacial score (nSPS) is 20.9. The van der Waals surface area contributed by atoms with Crippen molar-refractivity contribution in [1.82, 2.24) is 4.90 Å². The number of esters is 1. The number of rotatable bonds is 0. The van der Waals surface area contributed by atoms with E-state index in [2.05, 4.69) is 16.0 Å². The quantitative estimate of drug-likeness (QED) is 0.457. The Morgan fingerprint density at radius 1 is 1.73 bits per heavy atom. The second-order valence-corrected chi connectivity index (χ2v) is 2.17. The molecule has 11 heavy (non-hydrogen) atoms. The van der Waals surface area contributed by atoms with E-state index in [-0.39, 0.29) is 12.5 Å². The first kappa shape index (κ1) is 6.15. The van der Waals surface area contributed by atoms with E-state index in [9.17, 15) is 4.79 Å². The van der Waals surface area contributed by atoms with E-state index in [1.165, 1.54) is 0 Å². The molecule has 0 amide bonds. The molecule has 2 aliphatic rings. The number of allylic oxidation sites excluding steroid dienone is 1.